The van der Waals surface area contributed by atoms with Crippen molar-refractivity contribution in [2.75, 3.05) is 0 Å². The average molecular weight is 306 g/mol. The van der Waals surface area contributed by atoms with Crippen molar-refractivity contribution in [1.29, 1.82) is 0 Å². The smallest absolute Gasteiger partial charge is 0.258 e. The first-order chi connectivity index (χ1) is 8.63. The Morgan fingerprint density at radius 2 is 1.94 bits per heavy atom. The van der Waals surface area contributed by atoms with Gasteiger partial charge in [0.05, 0.1) is 10.5 Å². The van der Waals surface area contributed by atoms with Gasteiger partial charge in [0.2, 0.25) is 0 Å². The topological polar surface area (TPSA) is 43.1 Å². The molecule has 92 valence electrons. The minimum absolute atomic E-state index is 0.141. The number of hydrogen-bond donors (Lipinski definition) is 0. The van der Waals surface area contributed by atoms with E-state index < -0.39 is 0 Å². The zero-order valence-corrected chi connectivity index (χ0v) is 11.5. The van der Waals surface area contributed by atoms with Crippen LogP contribution in [0.5, 0.6) is 0 Å². The van der Waals surface area contributed by atoms with Crippen LogP contribution in [0.25, 0.3) is 11.1 Å². The van der Waals surface area contributed by atoms with E-state index in [1.807, 2.05) is 24.3 Å². The maximum Gasteiger partial charge on any atom is 0.277 e. The standard InChI is InChI=1S/C14H12BrNO2/c1-2-10-9-11(7-8-13(10)15)12-5-3-4-6-14(12)16(17)18/h3-9H,2H2,1H3. The van der Waals surface area contributed by atoms with Crippen molar-refractivity contribution < 1.29 is 4.92 Å². The van der Waals surface area contributed by atoms with Gasteiger partial charge in [0.1, 0.15) is 0 Å². The molecule has 0 atom stereocenters. The molecule has 2 rings (SSSR count). The first-order valence-electron chi connectivity index (χ1n) is 5.65. The molecular weight excluding hydrogens is 294 g/mol. The summed E-state index contributed by atoms with van der Waals surface area (Å²) >= 11 is 3.48. The predicted octanol–water partition coefficient (Wildman–Crippen LogP) is 4.59. The fourth-order valence-electron chi connectivity index (χ4n) is 1.89. The van der Waals surface area contributed by atoms with E-state index in [4.69, 9.17) is 0 Å². The molecule has 0 fully saturated rings. The van der Waals surface area contributed by atoms with Gasteiger partial charge in [-0.2, -0.15) is 0 Å². The summed E-state index contributed by atoms with van der Waals surface area (Å²) in [7, 11) is 0. The summed E-state index contributed by atoms with van der Waals surface area (Å²) < 4.78 is 1.03. The van der Waals surface area contributed by atoms with Crippen LogP contribution >= 0.6 is 15.9 Å². The summed E-state index contributed by atoms with van der Waals surface area (Å²) in [6.07, 6.45) is 0.884. The van der Waals surface area contributed by atoms with Crippen LogP contribution in [0, 0.1) is 10.1 Å². The highest BCUT2D eigenvalue weighted by molar-refractivity contribution is 9.10. The second-order valence-electron chi connectivity index (χ2n) is 3.93. The molecular formula is C14H12BrNO2. The molecule has 0 saturated heterocycles. The number of nitro benzene ring substituents is 1. The summed E-state index contributed by atoms with van der Waals surface area (Å²) in [6, 6.07) is 12.6. The van der Waals surface area contributed by atoms with Crippen molar-refractivity contribution in [3.63, 3.8) is 0 Å². The first kappa shape index (κ1) is 12.8. The number of nitro groups is 1. The summed E-state index contributed by atoms with van der Waals surface area (Å²) in [5.74, 6) is 0. The maximum absolute atomic E-state index is 11.0. The summed E-state index contributed by atoms with van der Waals surface area (Å²) in [5.41, 5.74) is 2.82. The Labute approximate surface area is 114 Å². The first-order valence-corrected chi connectivity index (χ1v) is 6.45. The molecule has 0 aromatic heterocycles. The molecule has 2 aromatic rings. The van der Waals surface area contributed by atoms with E-state index in [9.17, 15) is 10.1 Å². The Balaban J connectivity index is 2.58. The van der Waals surface area contributed by atoms with Crippen LogP contribution in [0.1, 0.15) is 12.5 Å². The molecule has 18 heavy (non-hydrogen) atoms. The predicted molar refractivity (Wildman–Crippen MR) is 75.6 cm³/mol. The molecule has 0 aliphatic carbocycles. The lowest BCUT2D eigenvalue weighted by atomic mass is 10.0. The zero-order chi connectivity index (χ0) is 13.1. The van der Waals surface area contributed by atoms with Gasteiger partial charge in [0, 0.05) is 10.5 Å². The summed E-state index contributed by atoms with van der Waals surface area (Å²) in [4.78, 5) is 10.7. The van der Waals surface area contributed by atoms with Crippen molar-refractivity contribution in [2.45, 2.75) is 13.3 Å². The Hall–Kier alpha value is -1.68. The number of hydrogen-bond acceptors (Lipinski definition) is 2. The van der Waals surface area contributed by atoms with E-state index >= 15 is 0 Å². The normalized spacial score (nSPS) is 10.3. The lowest BCUT2D eigenvalue weighted by Crippen LogP contribution is -1.92. The minimum Gasteiger partial charge on any atom is -0.258 e. The summed E-state index contributed by atoms with van der Waals surface area (Å²) in [5, 5.41) is 11.0. The van der Waals surface area contributed by atoms with Gasteiger partial charge in [0.25, 0.3) is 5.69 Å². The fraction of sp³-hybridized carbons (Fsp3) is 0.143. The number of benzene rings is 2. The Morgan fingerprint density at radius 3 is 2.61 bits per heavy atom. The molecule has 0 radical (unpaired) electrons. The molecule has 0 amide bonds. The fourth-order valence-corrected chi connectivity index (χ4v) is 2.42. The lowest BCUT2D eigenvalue weighted by Gasteiger charge is -2.07. The van der Waals surface area contributed by atoms with Crippen LogP contribution in [0.3, 0.4) is 0 Å². The van der Waals surface area contributed by atoms with Crippen LogP contribution in [-0.2, 0) is 6.42 Å². The number of halogens is 1. The molecule has 0 unspecified atom stereocenters. The SMILES string of the molecule is CCc1cc(-c2ccccc2[N+](=O)[O-])ccc1Br. The molecule has 0 aliphatic heterocycles. The number of aryl methyl sites for hydroxylation is 1. The summed E-state index contributed by atoms with van der Waals surface area (Å²) in [6.45, 7) is 2.06. The van der Waals surface area contributed by atoms with Crippen LogP contribution in [0.2, 0.25) is 0 Å². The van der Waals surface area contributed by atoms with Gasteiger partial charge in [-0.3, -0.25) is 10.1 Å². The highest BCUT2D eigenvalue weighted by Gasteiger charge is 2.14. The van der Waals surface area contributed by atoms with Gasteiger partial charge in [-0.1, -0.05) is 41.1 Å². The van der Waals surface area contributed by atoms with Gasteiger partial charge < -0.3 is 0 Å². The molecule has 0 heterocycles. The van der Waals surface area contributed by atoms with E-state index in [1.54, 1.807) is 12.1 Å². The van der Waals surface area contributed by atoms with Crippen molar-refractivity contribution in [1.82, 2.24) is 0 Å². The van der Waals surface area contributed by atoms with Gasteiger partial charge in [-0.25, -0.2) is 0 Å². The Morgan fingerprint density at radius 1 is 1.22 bits per heavy atom. The third-order valence-corrected chi connectivity index (χ3v) is 3.61. The van der Waals surface area contributed by atoms with E-state index in [1.165, 1.54) is 6.07 Å². The molecule has 4 heteroatoms. The largest absolute Gasteiger partial charge is 0.277 e. The van der Waals surface area contributed by atoms with Crippen LogP contribution in [0.4, 0.5) is 5.69 Å². The third-order valence-electron chi connectivity index (χ3n) is 2.84. The second kappa shape index (κ2) is 5.31. The monoisotopic (exact) mass is 305 g/mol. The molecule has 3 nitrogen and oxygen atoms in total. The molecule has 0 aliphatic rings. The Kier molecular flexibility index (Phi) is 3.77. The van der Waals surface area contributed by atoms with Gasteiger partial charge >= 0.3 is 0 Å². The average Bonchev–Trinajstić information content (AvgIpc) is 2.39. The molecule has 0 N–H and O–H groups in total. The number of nitrogens with zero attached hydrogens (tertiary/aromatic N) is 1. The van der Waals surface area contributed by atoms with Crippen molar-refractivity contribution in [3.05, 3.63) is 62.6 Å². The molecule has 2 aromatic carbocycles. The van der Waals surface area contributed by atoms with Gasteiger partial charge in [-0.15, -0.1) is 0 Å². The quantitative estimate of drug-likeness (QED) is 0.615. The number of para-hydroxylation sites is 1. The van der Waals surface area contributed by atoms with E-state index in [2.05, 4.69) is 22.9 Å². The highest BCUT2D eigenvalue weighted by Crippen LogP contribution is 2.32. The second-order valence-corrected chi connectivity index (χ2v) is 4.79. The van der Waals surface area contributed by atoms with Crippen molar-refractivity contribution in [2.24, 2.45) is 0 Å². The number of rotatable bonds is 3. The third kappa shape index (κ3) is 2.43. The lowest BCUT2D eigenvalue weighted by molar-refractivity contribution is -0.384. The maximum atomic E-state index is 11.0. The van der Waals surface area contributed by atoms with Crippen LogP contribution in [0.15, 0.2) is 46.9 Å². The van der Waals surface area contributed by atoms with Crippen molar-refractivity contribution in [3.8, 4) is 11.1 Å². The van der Waals surface area contributed by atoms with Crippen molar-refractivity contribution >= 4 is 21.6 Å². The molecule has 0 spiro atoms. The van der Waals surface area contributed by atoms with E-state index in [0.29, 0.717) is 5.56 Å². The van der Waals surface area contributed by atoms with E-state index in [0.717, 1.165) is 22.0 Å². The van der Waals surface area contributed by atoms with Crippen LogP contribution in [-0.4, -0.2) is 4.92 Å². The Bertz CT molecular complexity index is 596. The van der Waals surface area contributed by atoms with Gasteiger partial charge in [-0.05, 0) is 35.7 Å². The van der Waals surface area contributed by atoms with Crippen LogP contribution < -0.4 is 0 Å². The molecule has 0 saturated carbocycles. The minimum atomic E-state index is -0.344. The van der Waals surface area contributed by atoms with E-state index in [-0.39, 0.29) is 10.6 Å². The van der Waals surface area contributed by atoms with Gasteiger partial charge in [0.15, 0.2) is 0 Å². The zero-order valence-electron chi connectivity index (χ0n) is 9.89. The highest BCUT2D eigenvalue weighted by atomic mass is 79.9. The molecule has 0 bridgehead atoms.